The second-order valence-corrected chi connectivity index (χ2v) is 4.56. The first-order valence-electron chi connectivity index (χ1n) is 6.09. The summed E-state index contributed by atoms with van der Waals surface area (Å²) in [5, 5.41) is 15.7. The zero-order valence-electron chi connectivity index (χ0n) is 10.1. The Hall–Kier alpha value is -1.19. The quantitative estimate of drug-likeness (QED) is 0.487. The maximum absolute atomic E-state index is 7.96. The Morgan fingerprint density at radius 1 is 1.06 bits per heavy atom. The molecule has 0 bridgehead atoms. The molecule has 1 aliphatic rings. The summed E-state index contributed by atoms with van der Waals surface area (Å²) in [7, 11) is 0. The Morgan fingerprint density at radius 3 is 2.06 bits per heavy atom. The van der Waals surface area contributed by atoms with E-state index in [0.29, 0.717) is 11.5 Å². The smallest absolute Gasteiger partial charge is 0.167 e. The molecule has 0 aromatic rings. The average Bonchev–Trinajstić information content (AvgIpc) is 2.15. The Labute approximate surface area is 97.4 Å². The van der Waals surface area contributed by atoms with E-state index < -0.39 is 0 Å². The molecule has 1 aliphatic carbocycles. The molecule has 1 saturated carbocycles. The van der Waals surface area contributed by atoms with Gasteiger partial charge in [-0.15, -0.1) is 0 Å². The average molecular weight is 222 g/mol. The van der Waals surface area contributed by atoms with Crippen molar-refractivity contribution in [3.63, 3.8) is 0 Å². The predicted octanol–water partition coefficient (Wildman–Crippen LogP) is 2.72. The molecule has 90 valence electrons. The molecule has 1 fully saturated rings. The summed E-state index contributed by atoms with van der Waals surface area (Å²) in [4.78, 5) is 3.86. The number of nitrogens with zero attached hydrogens (tertiary/aromatic N) is 1. The highest BCUT2D eigenvalue weighted by Gasteiger charge is 2.19. The molecule has 0 aromatic carbocycles. The summed E-state index contributed by atoms with van der Waals surface area (Å²) >= 11 is 0. The second-order valence-electron chi connectivity index (χ2n) is 4.56. The van der Waals surface area contributed by atoms with Gasteiger partial charge >= 0.3 is 0 Å². The molecule has 0 radical (unpaired) electrons. The predicted molar refractivity (Wildman–Crippen MR) is 68.6 cm³/mol. The van der Waals surface area contributed by atoms with E-state index in [1.54, 1.807) is 6.92 Å². The fourth-order valence-corrected chi connectivity index (χ4v) is 2.17. The number of amidine groups is 2. The van der Waals surface area contributed by atoms with Gasteiger partial charge in [-0.1, -0.05) is 32.1 Å². The van der Waals surface area contributed by atoms with Crippen LogP contribution in [0.2, 0.25) is 0 Å². The Bertz CT molecular complexity index is 281. The number of nitrogens with two attached hydrogens (primary N) is 1. The molecule has 0 atom stereocenters. The fourth-order valence-electron chi connectivity index (χ4n) is 2.17. The topological polar surface area (TPSA) is 86.1 Å². The summed E-state index contributed by atoms with van der Waals surface area (Å²) in [5.41, 5.74) is 5.80. The highest BCUT2D eigenvalue weighted by molar-refractivity contribution is 6.41. The van der Waals surface area contributed by atoms with Crippen molar-refractivity contribution in [3.05, 3.63) is 0 Å². The van der Waals surface area contributed by atoms with Crippen molar-refractivity contribution in [2.24, 2.45) is 16.6 Å². The normalized spacial score (nSPS) is 19.9. The van der Waals surface area contributed by atoms with Gasteiger partial charge in [0.1, 0.15) is 0 Å². The third-order valence-corrected chi connectivity index (χ3v) is 3.06. The largest absolute Gasteiger partial charge is 0.387 e. The first kappa shape index (κ1) is 12.9. The van der Waals surface area contributed by atoms with Crippen molar-refractivity contribution in [2.45, 2.75) is 51.9 Å². The fraction of sp³-hybridized carbons (Fsp3) is 0.750. The van der Waals surface area contributed by atoms with Crippen molar-refractivity contribution >= 4 is 17.4 Å². The van der Waals surface area contributed by atoms with Crippen molar-refractivity contribution < 1.29 is 0 Å². The number of aliphatic imine (C=N–C) groups is 1. The van der Waals surface area contributed by atoms with Crippen LogP contribution in [0.25, 0.3) is 0 Å². The van der Waals surface area contributed by atoms with Crippen molar-refractivity contribution in [1.82, 2.24) is 0 Å². The minimum Gasteiger partial charge on any atom is -0.387 e. The van der Waals surface area contributed by atoms with Gasteiger partial charge in [-0.25, -0.2) is 4.99 Å². The molecule has 0 unspecified atom stereocenters. The van der Waals surface area contributed by atoms with E-state index in [1.807, 2.05) is 0 Å². The zero-order valence-corrected chi connectivity index (χ0v) is 10.1. The van der Waals surface area contributed by atoms with E-state index in [4.69, 9.17) is 16.6 Å². The summed E-state index contributed by atoms with van der Waals surface area (Å²) < 4.78 is 0. The lowest BCUT2D eigenvalue weighted by molar-refractivity contribution is 0.453. The number of hydrogen-bond acceptors (Lipinski definition) is 2. The Morgan fingerprint density at radius 2 is 1.56 bits per heavy atom. The van der Waals surface area contributed by atoms with Crippen LogP contribution >= 0.6 is 0 Å². The van der Waals surface area contributed by atoms with E-state index in [2.05, 4.69) is 4.99 Å². The van der Waals surface area contributed by atoms with Gasteiger partial charge in [-0.2, -0.15) is 0 Å². The van der Waals surface area contributed by atoms with Crippen LogP contribution in [0.1, 0.15) is 51.9 Å². The first-order valence-corrected chi connectivity index (χ1v) is 6.09. The van der Waals surface area contributed by atoms with Crippen LogP contribution in [0.15, 0.2) is 4.99 Å². The SMILES string of the molecule is CC(N)=NC(=N)C(=N)C1CCCCCCC1. The van der Waals surface area contributed by atoms with Gasteiger partial charge in [0.2, 0.25) is 0 Å². The molecule has 0 saturated heterocycles. The van der Waals surface area contributed by atoms with Crippen LogP contribution in [-0.4, -0.2) is 17.4 Å². The van der Waals surface area contributed by atoms with Crippen molar-refractivity contribution in [1.29, 1.82) is 10.8 Å². The molecule has 4 N–H and O–H groups in total. The van der Waals surface area contributed by atoms with E-state index in [-0.39, 0.29) is 11.8 Å². The van der Waals surface area contributed by atoms with Gasteiger partial charge < -0.3 is 11.1 Å². The number of hydrogen-bond donors (Lipinski definition) is 3. The lowest BCUT2D eigenvalue weighted by Gasteiger charge is -2.19. The standard InChI is InChI=1S/C12H22N4/c1-9(13)16-12(15)11(14)10-7-5-3-2-4-6-8-10/h10,14H,2-8H2,1H3,(H3,13,15,16). The van der Waals surface area contributed by atoms with Crippen molar-refractivity contribution in [3.8, 4) is 0 Å². The minimum absolute atomic E-state index is 0.0468. The molecule has 0 spiro atoms. The highest BCUT2D eigenvalue weighted by Crippen LogP contribution is 2.23. The van der Waals surface area contributed by atoms with Gasteiger partial charge in [0.05, 0.1) is 11.5 Å². The lowest BCUT2D eigenvalue weighted by Crippen LogP contribution is -2.24. The van der Waals surface area contributed by atoms with Gasteiger partial charge in [0.15, 0.2) is 5.84 Å². The van der Waals surface area contributed by atoms with E-state index in [0.717, 1.165) is 12.8 Å². The molecule has 1 rings (SSSR count). The molecule has 4 heteroatoms. The molecule has 0 amide bonds. The third-order valence-electron chi connectivity index (χ3n) is 3.06. The van der Waals surface area contributed by atoms with E-state index in [9.17, 15) is 0 Å². The lowest BCUT2D eigenvalue weighted by atomic mass is 9.87. The van der Waals surface area contributed by atoms with Crippen molar-refractivity contribution in [2.75, 3.05) is 0 Å². The molecule has 0 aromatic heterocycles. The van der Waals surface area contributed by atoms with Crippen LogP contribution in [-0.2, 0) is 0 Å². The Kier molecular flexibility index (Phi) is 5.15. The molecule has 0 aliphatic heterocycles. The molecule has 0 heterocycles. The summed E-state index contributed by atoms with van der Waals surface area (Å²) in [6, 6.07) is 0. The Balaban J connectivity index is 2.56. The molecule has 4 nitrogen and oxygen atoms in total. The number of nitrogens with one attached hydrogen (secondary N) is 2. The molecule has 16 heavy (non-hydrogen) atoms. The minimum atomic E-state index is 0.0468. The van der Waals surface area contributed by atoms with Crippen LogP contribution in [0.3, 0.4) is 0 Å². The maximum atomic E-state index is 7.96. The van der Waals surface area contributed by atoms with Crippen LogP contribution in [0, 0.1) is 16.7 Å². The van der Waals surface area contributed by atoms with Gasteiger partial charge in [0.25, 0.3) is 0 Å². The zero-order chi connectivity index (χ0) is 12.0. The molecular formula is C12H22N4. The highest BCUT2D eigenvalue weighted by atomic mass is 14.9. The summed E-state index contributed by atoms with van der Waals surface area (Å²) in [5.74, 6) is 0.627. The first-order chi connectivity index (χ1) is 7.61. The van der Waals surface area contributed by atoms with E-state index >= 15 is 0 Å². The molecular weight excluding hydrogens is 200 g/mol. The van der Waals surface area contributed by atoms with Crippen LogP contribution in [0.5, 0.6) is 0 Å². The summed E-state index contributed by atoms with van der Waals surface area (Å²) in [6.07, 6.45) is 8.24. The van der Waals surface area contributed by atoms with Gasteiger partial charge in [0, 0.05) is 5.92 Å². The third kappa shape index (κ3) is 4.13. The van der Waals surface area contributed by atoms with E-state index in [1.165, 1.54) is 32.1 Å². The number of rotatable bonds is 2. The van der Waals surface area contributed by atoms with Gasteiger partial charge in [-0.05, 0) is 19.8 Å². The summed E-state index contributed by atoms with van der Waals surface area (Å²) in [6.45, 7) is 1.65. The maximum Gasteiger partial charge on any atom is 0.167 e. The monoisotopic (exact) mass is 222 g/mol. The van der Waals surface area contributed by atoms with Crippen LogP contribution < -0.4 is 5.73 Å². The van der Waals surface area contributed by atoms with Crippen LogP contribution in [0.4, 0.5) is 0 Å². The van der Waals surface area contributed by atoms with Gasteiger partial charge in [-0.3, -0.25) is 5.41 Å². The second kappa shape index (κ2) is 6.40.